The monoisotopic (exact) mass is 1080 g/mol. The van der Waals surface area contributed by atoms with Gasteiger partial charge in [-0.15, -0.1) is 0 Å². The van der Waals surface area contributed by atoms with Crippen molar-refractivity contribution < 1.29 is 57.0 Å². The van der Waals surface area contributed by atoms with Crippen LogP contribution in [0, 0.1) is 29.6 Å². The van der Waals surface area contributed by atoms with Gasteiger partial charge in [-0.1, -0.05) is 61.4 Å². The number of piperidine rings is 2. The molecule has 7 atom stereocenters. The summed E-state index contributed by atoms with van der Waals surface area (Å²) >= 11 is 0. The predicted molar refractivity (Wildman–Crippen MR) is 283 cm³/mol. The fraction of sp³-hybridized carbons (Fsp3) is 0.576. The number of primary amides is 1. The molecule has 6 N–H and O–H groups in total. The Balaban J connectivity index is 0.884. The lowest BCUT2D eigenvalue weighted by Gasteiger charge is -2.38. The van der Waals surface area contributed by atoms with Crippen molar-refractivity contribution in [3.05, 3.63) is 76.4 Å². The van der Waals surface area contributed by atoms with Crippen LogP contribution >= 0.6 is 0 Å². The Labute approximate surface area is 454 Å². The standard InChI is InChI=1S/C59H73F2N7O10/c1-35(37-15-17-40(18-16-37)59(2,60)61)31-53(73)63-47-21-20-42(69)32-41-19-23-49(68(41)58(47)78)55(75)64-46(22-25-51(62)71)50(70)33-44(38-10-4-3-5-11-38)56(76)66-29-27-36(28-30-66)9-6-7-12-39-13-8-14-43-45(39)34-67(57(43)77)48-24-26-52(72)65-54(48)74/h8,13-18,31,36,38,41-42,44,46-49,69H,3-6,9-11,19-30,32-34H2,1-2H3,(H2,62,71)(H,63,73)(H,64,75)(H,65,72,74)/b35-31+/t41-,42+,44+,46+,47+,48?,49+/m1/s1. The number of amides is 8. The number of likely N-dealkylation sites (tertiary alicyclic amines) is 1. The van der Waals surface area contributed by atoms with Crippen LogP contribution in [0.2, 0.25) is 0 Å². The van der Waals surface area contributed by atoms with Gasteiger partial charge in [0, 0.05) is 87.0 Å². The first-order valence-corrected chi connectivity index (χ1v) is 27.9. The van der Waals surface area contributed by atoms with Gasteiger partial charge in [-0.05, 0) is 125 Å². The fourth-order valence-electron chi connectivity index (χ4n) is 12.5. The summed E-state index contributed by atoms with van der Waals surface area (Å²) in [7, 11) is 0. The highest BCUT2D eigenvalue weighted by molar-refractivity contribution is 6.06. The average molecular weight is 1080 g/mol. The molecule has 0 aromatic heterocycles. The molecule has 2 aromatic carbocycles. The van der Waals surface area contributed by atoms with Gasteiger partial charge in [0.1, 0.15) is 18.1 Å². The van der Waals surface area contributed by atoms with Gasteiger partial charge < -0.3 is 36.2 Å². The van der Waals surface area contributed by atoms with E-state index in [1.165, 1.54) is 40.1 Å². The topological polar surface area (TPSA) is 246 Å². The van der Waals surface area contributed by atoms with E-state index >= 15 is 0 Å². The molecule has 19 heteroatoms. The number of nitrogens with one attached hydrogen (secondary N) is 3. The number of allylic oxidation sites excluding steroid dienone is 1. The van der Waals surface area contributed by atoms with Crippen LogP contribution in [0.1, 0.15) is 168 Å². The SMILES string of the molecule is C/C(=C\C(=O)N[C@H]1CC[C@H](O)C[C@H]2CC[C@@H](C(=O)N[C@@H](CCC(N)=O)C(=O)C[C@H](C(=O)N3CCC(CCC#Cc4cccc5c4CN(C4CCC(=O)NC4=O)C5=O)CC3)C3CCCCC3)N2C1=O)c1ccc(C(C)(F)F)cc1. The predicted octanol–water partition coefficient (Wildman–Crippen LogP) is 5.33. The largest absolute Gasteiger partial charge is 0.393 e. The molecule has 1 unspecified atom stereocenters. The number of carbonyl (C=O) groups is 9. The Bertz CT molecular complexity index is 2730. The minimum atomic E-state index is -3.04. The highest BCUT2D eigenvalue weighted by atomic mass is 19.3. The summed E-state index contributed by atoms with van der Waals surface area (Å²) in [4.78, 5) is 126. The first-order valence-electron chi connectivity index (χ1n) is 27.9. The van der Waals surface area contributed by atoms with Crippen molar-refractivity contribution in [2.75, 3.05) is 13.1 Å². The number of ketones is 1. The Morgan fingerprint density at radius 3 is 2.35 bits per heavy atom. The molecule has 2 aromatic rings. The van der Waals surface area contributed by atoms with Crippen LogP contribution in [0.4, 0.5) is 8.78 Å². The quantitative estimate of drug-likeness (QED) is 0.0775. The Morgan fingerprint density at radius 2 is 1.65 bits per heavy atom. The summed E-state index contributed by atoms with van der Waals surface area (Å²) < 4.78 is 27.7. The van der Waals surface area contributed by atoms with Gasteiger partial charge in [-0.25, -0.2) is 8.78 Å². The van der Waals surface area contributed by atoms with Crippen LogP contribution in [0.25, 0.3) is 5.57 Å². The Kier molecular flexibility index (Phi) is 18.6. The summed E-state index contributed by atoms with van der Waals surface area (Å²) in [5.41, 5.74) is 8.38. The molecule has 1 aliphatic carbocycles. The zero-order chi connectivity index (χ0) is 55.8. The molecule has 5 heterocycles. The summed E-state index contributed by atoms with van der Waals surface area (Å²) in [6, 6.07) is 6.29. The van der Waals surface area contributed by atoms with Crippen LogP contribution in [-0.4, -0.2) is 122 Å². The van der Waals surface area contributed by atoms with E-state index < -0.39 is 83.5 Å². The highest BCUT2D eigenvalue weighted by Crippen LogP contribution is 2.37. The minimum Gasteiger partial charge on any atom is -0.393 e. The van der Waals surface area contributed by atoms with Crippen LogP contribution in [0.5, 0.6) is 0 Å². The van der Waals surface area contributed by atoms with Crippen molar-refractivity contribution in [1.82, 2.24) is 30.7 Å². The van der Waals surface area contributed by atoms with E-state index in [0.717, 1.165) is 69.4 Å². The van der Waals surface area contributed by atoms with Crippen molar-refractivity contribution in [2.45, 2.75) is 185 Å². The van der Waals surface area contributed by atoms with Crippen molar-refractivity contribution in [3.8, 4) is 11.8 Å². The number of alkyl halides is 2. The van der Waals surface area contributed by atoms with E-state index in [-0.39, 0.29) is 93.5 Å². The van der Waals surface area contributed by atoms with E-state index in [2.05, 4.69) is 27.8 Å². The maximum absolute atomic E-state index is 14.6. The summed E-state index contributed by atoms with van der Waals surface area (Å²) in [5.74, 6) is -0.919. The van der Waals surface area contributed by atoms with Gasteiger partial charge in [-0.3, -0.25) is 48.5 Å². The molecule has 8 amide bonds. The van der Waals surface area contributed by atoms with Crippen molar-refractivity contribution >= 4 is 58.6 Å². The molecule has 0 bridgehead atoms. The smallest absolute Gasteiger partial charge is 0.270 e. The second kappa shape index (κ2) is 25.3. The molecular formula is C59H73F2N7O10. The number of aliphatic hydroxyl groups excluding tert-OH is 1. The van der Waals surface area contributed by atoms with Gasteiger partial charge in [0.15, 0.2) is 5.78 Å². The fourth-order valence-corrected chi connectivity index (χ4v) is 12.5. The summed E-state index contributed by atoms with van der Waals surface area (Å²) in [6.45, 7) is 3.69. The third kappa shape index (κ3) is 13.9. The first kappa shape index (κ1) is 57.4. The third-order valence-corrected chi connectivity index (χ3v) is 17.0. The third-order valence-electron chi connectivity index (χ3n) is 17.0. The number of halogens is 2. The molecular weight excluding hydrogens is 1000 g/mol. The van der Waals surface area contributed by atoms with Crippen LogP contribution in [-0.2, 0) is 50.8 Å². The summed E-state index contributed by atoms with van der Waals surface area (Å²) in [5, 5.41) is 18.9. The molecule has 4 saturated heterocycles. The number of rotatable bonds is 17. The number of imide groups is 1. The first-order chi connectivity index (χ1) is 37.2. The molecule has 5 fully saturated rings. The van der Waals surface area contributed by atoms with Gasteiger partial charge >= 0.3 is 0 Å². The maximum Gasteiger partial charge on any atom is 0.270 e. The number of aliphatic hydroxyl groups is 1. The zero-order valence-electron chi connectivity index (χ0n) is 44.7. The highest BCUT2D eigenvalue weighted by Gasteiger charge is 2.47. The van der Waals surface area contributed by atoms with Crippen molar-refractivity contribution in [2.24, 2.45) is 23.5 Å². The molecule has 78 heavy (non-hydrogen) atoms. The zero-order valence-corrected chi connectivity index (χ0v) is 44.7. The van der Waals surface area contributed by atoms with E-state index in [9.17, 15) is 57.0 Å². The molecule has 5 aliphatic heterocycles. The number of carbonyl (C=O) groups excluding carboxylic acids is 9. The average Bonchev–Trinajstić information content (AvgIpc) is 4.05. The Morgan fingerprint density at radius 1 is 0.923 bits per heavy atom. The number of Topliss-reactive ketones (excluding diaryl/α,β-unsaturated/α-hetero) is 1. The summed E-state index contributed by atoms with van der Waals surface area (Å²) in [6.07, 6.45) is 8.82. The molecule has 1 saturated carbocycles. The molecule has 17 nitrogen and oxygen atoms in total. The number of hydrogen-bond acceptors (Lipinski definition) is 10. The molecule has 418 valence electrons. The van der Waals surface area contributed by atoms with Crippen LogP contribution in [0.15, 0.2) is 48.5 Å². The van der Waals surface area contributed by atoms with Gasteiger partial charge in [0.25, 0.3) is 11.8 Å². The molecule has 0 radical (unpaired) electrons. The van der Waals surface area contributed by atoms with Crippen molar-refractivity contribution in [1.29, 1.82) is 0 Å². The number of fused-ring (bicyclic) bond motifs is 2. The van der Waals surface area contributed by atoms with Gasteiger partial charge in [0.05, 0.1) is 12.1 Å². The van der Waals surface area contributed by atoms with Gasteiger partial charge in [0.2, 0.25) is 41.4 Å². The normalized spacial score (nSPS) is 24.2. The minimum absolute atomic E-state index is 0.0531. The van der Waals surface area contributed by atoms with E-state index in [4.69, 9.17) is 5.73 Å². The van der Waals surface area contributed by atoms with Crippen LogP contribution < -0.4 is 21.7 Å². The number of benzene rings is 2. The lowest BCUT2D eigenvalue weighted by Crippen LogP contribution is -2.58. The lowest BCUT2D eigenvalue weighted by molar-refractivity contribution is -0.145. The molecule has 0 spiro atoms. The van der Waals surface area contributed by atoms with E-state index in [0.29, 0.717) is 48.5 Å². The van der Waals surface area contributed by atoms with Crippen molar-refractivity contribution in [3.63, 3.8) is 0 Å². The number of hydrogen-bond donors (Lipinski definition) is 5. The second-order valence-corrected chi connectivity index (χ2v) is 22.4. The van der Waals surface area contributed by atoms with E-state index in [1.54, 1.807) is 19.1 Å². The maximum atomic E-state index is 14.6. The Hall–Kier alpha value is -6.81. The van der Waals surface area contributed by atoms with E-state index in [1.807, 2.05) is 11.0 Å². The second-order valence-electron chi connectivity index (χ2n) is 22.4. The molecule has 6 aliphatic rings. The van der Waals surface area contributed by atoms with Gasteiger partial charge in [-0.2, -0.15) is 0 Å². The lowest BCUT2D eigenvalue weighted by atomic mass is 9.76. The van der Waals surface area contributed by atoms with Crippen LogP contribution in [0.3, 0.4) is 0 Å². The number of nitrogens with zero attached hydrogens (tertiary/aromatic N) is 3. The number of nitrogens with two attached hydrogens (primary N) is 1. The molecule has 8 rings (SSSR count).